The molecule has 1 saturated carbocycles. The smallest absolute Gasteiger partial charge is 0.319 e. The molecule has 7 N–H and O–H groups in total. The molecule has 0 unspecified atom stereocenters. The number of amides is 4. The first-order valence-corrected chi connectivity index (χ1v) is 9.99. The van der Waals surface area contributed by atoms with E-state index in [1.165, 1.54) is 0 Å². The second-order valence-corrected chi connectivity index (χ2v) is 8.03. The number of nitrogens with one attached hydrogen (secondary N) is 4. The van der Waals surface area contributed by atoms with Gasteiger partial charge in [0.15, 0.2) is 0 Å². The predicted molar refractivity (Wildman–Crippen MR) is 107 cm³/mol. The van der Waals surface area contributed by atoms with E-state index in [0.29, 0.717) is 25.1 Å². The van der Waals surface area contributed by atoms with Crippen LogP contribution in [0, 0.1) is 6.92 Å². The Morgan fingerprint density at radius 2 is 1.83 bits per heavy atom. The molecule has 0 radical (unpaired) electrons. The average Bonchev–Trinajstić information content (AvgIpc) is 2.69. The Morgan fingerprint density at radius 1 is 1.13 bits per heavy atom. The zero-order valence-electron chi connectivity index (χ0n) is 16.7. The Kier molecular flexibility index (Phi) is 6.59. The summed E-state index contributed by atoms with van der Waals surface area (Å²) in [6, 6.07) is 4.57. The van der Waals surface area contributed by atoms with Crippen LogP contribution in [0.25, 0.3) is 0 Å². The third-order valence-electron chi connectivity index (χ3n) is 5.55. The number of aliphatic hydroxyl groups is 3. The molecule has 30 heavy (non-hydrogen) atoms. The van der Waals surface area contributed by atoms with Crippen molar-refractivity contribution in [1.29, 1.82) is 0 Å². The minimum Gasteiger partial charge on any atom is -0.390 e. The molecule has 1 aromatic carbocycles. The first-order chi connectivity index (χ1) is 14.2. The lowest BCUT2D eigenvalue weighted by molar-refractivity contribution is -0.159. The van der Waals surface area contributed by atoms with Crippen LogP contribution in [0.3, 0.4) is 0 Å². The molecule has 164 valence electrons. The highest BCUT2D eigenvalue weighted by Gasteiger charge is 2.49. The monoisotopic (exact) mass is 420 g/mol. The van der Waals surface area contributed by atoms with Crippen molar-refractivity contribution in [3.8, 4) is 0 Å². The maximum atomic E-state index is 12.7. The van der Waals surface area contributed by atoms with Crippen LogP contribution < -0.4 is 21.3 Å². The van der Waals surface area contributed by atoms with Crippen LogP contribution >= 0.6 is 0 Å². The van der Waals surface area contributed by atoms with Gasteiger partial charge in [0.05, 0.1) is 12.1 Å². The second kappa shape index (κ2) is 8.99. The van der Waals surface area contributed by atoms with Gasteiger partial charge >= 0.3 is 6.03 Å². The lowest BCUT2D eigenvalue weighted by Gasteiger charge is -2.42. The summed E-state index contributed by atoms with van der Waals surface area (Å²) in [6.07, 6.45) is -2.38. The topological polar surface area (TPSA) is 160 Å². The first-order valence-electron chi connectivity index (χ1n) is 9.99. The first kappa shape index (κ1) is 22.0. The maximum absolute atomic E-state index is 12.7. The number of piperidine rings is 1. The van der Waals surface area contributed by atoms with Crippen LogP contribution in [0.4, 0.5) is 10.5 Å². The van der Waals surface area contributed by atoms with Gasteiger partial charge in [-0.3, -0.25) is 9.59 Å². The van der Waals surface area contributed by atoms with Crippen LogP contribution in [0.1, 0.15) is 31.2 Å². The number of aliphatic hydroxyl groups excluding tert-OH is 2. The largest absolute Gasteiger partial charge is 0.390 e. The number of aryl methyl sites for hydroxylation is 1. The van der Waals surface area contributed by atoms with E-state index >= 15 is 0 Å². The molecule has 2 fully saturated rings. The summed E-state index contributed by atoms with van der Waals surface area (Å²) in [5.41, 5.74) is -0.493. The van der Waals surface area contributed by atoms with Crippen molar-refractivity contribution in [3.63, 3.8) is 0 Å². The van der Waals surface area contributed by atoms with Gasteiger partial charge in [-0.2, -0.15) is 0 Å². The molecule has 1 aliphatic carbocycles. The Labute approximate surface area is 174 Å². The Morgan fingerprint density at radius 3 is 2.50 bits per heavy atom. The van der Waals surface area contributed by atoms with E-state index in [-0.39, 0.29) is 12.3 Å². The fourth-order valence-corrected chi connectivity index (χ4v) is 3.80. The van der Waals surface area contributed by atoms with Gasteiger partial charge in [0.25, 0.3) is 5.91 Å². The second-order valence-electron chi connectivity index (χ2n) is 8.03. The lowest BCUT2D eigenvalue weighted by Crippen LogP contribution is -2.65. The quantitative estimate of drug-likeness (QED) is 0.335. The number of rotatable bonds is 4. The Bertz CT molecular complexity index is 801. The number of urea groups is 1. The van der Waals surface area contributed by atoms with Crippen molar-refractivity contribution in [2.24, 2.45) is 0 Å². The van der Waals surface area contributed by atoms with Crippen molar-refractivity contribution in [2.45, 2.75) is 62.5 Å². The van der Waals surface area contributed by atoms with Crippen molar-refractivity contribution in [3.05, 3.63) is 29.8 Å². The molecule has 0 aromatic heterocycles. The van der Waals surface area contributed by atoms with E-state index in [1.807, 2.05) is 19.1 Å². The summed E-state index contributed by atoms with van der Waals surface area (Å²) in [5.74, 6) is -1.15. The molecule has 10 heteroatoms. The summed E-state index contributed by atoms with van der Waals surface area (Å²) >= 11 is 0. The van der Waals surface area contributed by atoms with Crippen LogP contribution in [-0.2, 0) is 9.59 Å². The Hall–Kier alpha value is -2.69. The highest BCUT2D eigenvalue weighted by atomic mass is 16.3. The average molecular weight is 420 g/mol. The SMILES string of the molecule is Cc1ccc(NC(=O)N[C@H]2C[C@@](O)(C(=O)N[C@H]3CCCNC3=O)C[C@@H](O)[C@@H]2O)cc1. The third-order valence-corrected chi connectivity index (χ3v) is 5.55. The van der Waals surface area contributed by atoms with E-state index in [2.05, 4.69) is 21.3 Å². The number of hydrogen-bond donors (Lipinski definition) is 7. The molecule has 10 nitrogen and oxygen atoms in total. The molecule has 5 atom stereocenters. The number of carbonyl (C=O) groups excluding carboxylic acids is 3. The van der Waals surface area contributed by atoms with Crippen molar-refractivity contribution in [1.82, 2.24) is 16.0 Å². The maximum Gasteiger partial charge on any atom is 0.319 e. The summed E-state index contributed by atoms with van der Waals surface area (Å²) in [7, 11) is 0. The fraction of sp³-hybridized carbons (Fsp3) is 0.550. The Balaban J connectivity index is 1.64. The number of anilines is 1. The number of hydrogen-bond acceptors (Lipinski definition) is 6. The molecular formula is C20H28N4O6. The molecule has 0 bridgehead atoms. The highest BCUT2D eigenvalue weighted by Crippen LogP contribution is 2.30. The molecule has 0 spiro atoms. The third kappa shape index (κ3) is 5.07. The number of benzene rings is 1. The summed E-state index contributed by atoms with van der Waals surface area (Å²) in [4.78, 5) is 36.9. The van der Waals surface area contributed by atoms with Crippen molar-refractivity contribution >= 4 is 23.5 Å². The molecule has 1 heterocycles. The van der Waals surface area contributed by atoms with Gasteiger partial charge in [-0.05, 0) is 31.9 Å². The lowest BCUT2D eigenvalue weighted by atomic mass is 9.77. The molecule has 1 aliphatic heterocycles. The van der Waals surface area contributed by atoms with E-state index in [1.54, 1.807) is 12.1 Å². The summed E-state index contributed by atoms with van der Waals surface area (Å²) in [5, 5.41) is 41.6. The molecule has 1 saturated heterocycles. The minimum atomic E-state index is -2.04. The summed E-state index contributed by atoms with van der Waals surface area (Å²) < 4.78 is 0. The van der Waals surface area contributed by atoms with E-state index < -0.39 is 48.3 Å². The zero-order chi connectivity index (χ0) is 21.9. The molecular weight excluding hydrogens is 392 g/mol. The van der Waals surface area contributed by atoms with Gasteiger partial charge in [0.1, 0.15) is 17.7 Å². The standard InChI is InChI=1S/C20H28N4O6/c1-11-4-6-12(7-5-11)22-19(29)24-14-9-20(30,10-15(25)16(14)26)18(28)23-13-3-2-8-21-17(13)27/h4-7,13-16,25-26,30H,2-3,8-10H2,1H3,(H,21,27)(H,23,28)(H2,22,24,29)/t13-,14-,15+,16+,20-/m0/s1. The molecule has 4 amide bonds. The van der Waals surface area contributed by atoms with Crippen LogP contribution in [0.2, 0.25) is 0 Å². The molecule has 1 aromatic rings. The van der Waals surface area contributed by atoms with Gasteiger partial charge < -0.3 is 36.6 Å². The summed E-state index contributed by atoms with van der Waals surface area (Å²) in [6.45, 7) is 2.44. The van der Waals surface area contributed by atoms with Gasteiger partial charge in [-0.25, -0.2) is 4.79 Å². The van der Waals surface area contributed by atoms with Crippen LogP contribution in [-0.4, -0.2) is 69.6 Å². The van der Waals surface area contributed by atoms with Gasteiger partial charge in [-0.15, -0.1) is 0 Å². The molecule has 3 rings (SSSR count). The minimum absolute atomic E-state index is 0.313. The van der Waals surface area contributed by atoms with Crippen molar-refractivity contribution in [2.75, 3.05) is 11.9 Å². The van der Waals surface area contributed by atoms with Gasteiger partial charge in [-0.1, -0.05) is 17.7 Å². The predicted octanol–water partition coefficient (Wildman–Crippen LogP) is -0.873. The van der Waals surface area contributed by atoms with E-state index in [0.717, 1.165) is 5.56 Å². The zero-order valence-corrected chi connectivity index (χ0v) is 16.7. The normalized spacial score (nSPS) is 31.4. The van der Waals surface area contributed by atoms with Crippen LogP contribution in [0.15, 0.2) is 24.3 Å². The van der Waals surface area contributed by atoms with Gasteiger partial charge in [0, 0.05) is 25.1 Å². The van der Waals surface area contributed by atoms with Crippen LogP contribution in [0.5, 0.6) is 0 Å². The van der Waals surface area contributed by atoms with Crippen molar-refractivity contribution < 1.29 is 29.7 Å². The van der Waals surface area contributed by atoms with E-state index in [4.69, 9.17) is 0 Å². The van der Waals surface area contributed by atoms with Gasteiger partial charge in [0.2, 0.25) is 5.91 Å². The number of carbonyl (C=O) groups is 3. The molecule has 2 aliphatic rings. The fourth-order valence-electron chi connectivity index (χ4n) is 3.80. The van der Waals surface area contributed by atoms with E-state index in [9.17, 15) is 29.7 Å². The highest BCUT2D eigenvalue weighted by molar-refractivity contribution is 5.92.